The van der Waals surface area contributed by atoms with Crippen LogP contribution in [0.5, 0.6) is 0 Å². The van der Waals surface area contributed by atoms with Crippen molar-refractivity contribution in [3.05, 3.63) is 94.3 Å². The van der Waals surface area contributed by atoms with E-state index in [9.17, 15) is 22.8 Å². The van der Waals surface area contributed by atoms with Crippen LogP contribution in [-0.4, -0.2) is 42.0 Å². The molecule has 45 heavy (non-hydrogen) atoms. The van der Waals surface area contributed by atoms with Gasteiger partial charge in [-0.15, -0.1) is 0 Å². The van der Waals surface area contributed by atoms with Crippen molar-refractivity contribution < 1.29 is 31.9 Å². The van der Waals surface area contributed by atoms with E-state index in [1.807, 2.05) is 24.3 Å². The molecule has 238 valence electrons. The minimum atomic E-state index is -4.58. The van der Waals surface area contributed by atoms with Crippen molar-refractivity contribution in [1.82, 2.24) is 4.90 Å². The van der Waals surface area contributed by atoms with Crippen LogP contribution in [0.1, 0.15) is 70.8 Å². The second-order valence-electron chi connectivity index (χ2n) is 12.6. The number of benzene rings is 3. The Balaban J connectivity index is 1.39. The zero-order valence-corrected chi connectivity index (χ0v) is 25.3. The van der Waals surface area contributed by atoms with Gasteiger partial charge in [0.05, 0.1) is 42.3 Å². The average molecular weight is 624 g/mol. The maximum absolute atomic E-state index is 15.2. The predicted octanol–water partition coefficient (Wildman–Crippen LogP) is 7.67. The second-order valence-corrected chi connectivity index (χ2v) is 12.6. The van der Waals surface area contributed by atoms with Gasteiger partial charge < -0.3 is 20.3 Å². The molecule has 0 bridgehead atoms. The predicted molar refractivity (Wildman–Crippen MR) is 163 cm³/mol. The third kappa shape index (κ3) is 6.30. The van der Waals surface area contributed by atoms with Gasteiger partial charge >= 0.3 is 6.18 Å². The number of anilines is 2. The first kappa shape index (κ1) is 31.1. The van der Waals surface area contributed by atoms with Gasteiger partial charge in [-0.05, 0) is 80.1 Å². The van der Waals surface area contributed by atoms with Crippen LogP contribution in [0.25, 0.3) is 0 Å². The summed E-state index contributed by atoms with van der Waals surface area (Å²) in [6.45, 7) is 3.59. The van der Waals surface area contributed by atoms with Crippen molar-refractivity contribution >= 4 is 23.2 Å². The number of amides is 2. The van der Waals surface area contributed by atoms with Gasteiger partial charge in [-0.25, -0.2) is 4.39 Å². The summed E-state index contributed by atoms with van der Waals surface area (Å²) in [5.41, 5.74) is 1.23. The molecule has 4 atom stereocenters. The molecule has 3 aromatic carbocycles. The van der Waals surface area contributed by atoms with Crippen LogP contribution in [0.15, 0.2) is 60.7 Å². The Hall–Kier alpha value is -3.92. The number of alkyl halides is 3. The lowest BCUT2D eigenvalue weighted by molar-refractivity contribution is -0.138. The van der Waals surface area contributed by atoms with E-state index in [4.69, 9.17) is 4.74 Å². The fourth-order valence-corrected chi connectivity index (χ4v) is 7.25. The van der Waals surface area contributed by atoms with Crippen molar-refractivity contribution in [3.63, 3.8) is 0 Å². The molecule has 6 rings (SSSR count). The van der Waals surface area contributed by atoms with E-state index < -0.39 is 47.4 Å². The number of ether oxygens (including phenoxy) is 1. The molecule has 1 aliphatic carbocycles. The summed E-state index contributed by atoms with van der Waals surface area (Å²) in [6.07, 6.45) is 0.307. The summed E-state index contributed by atoms with van der Waals surface area (Å²) in [5.74, 6) is -2.76. The fraction of sp³-hybridized carbons (Fsp3) is 0.429. The quantitative estimate of drug-likeness (QED) is 0.277. The summed E-state index contributed by atoms with van der Waals surface area (Å²) in [5, 5.41) is 6.26. The van der Waals surface area contributed by atoms with Crippen molar-refractivity contribution in [2.24, 2.45) is 11.8 Å². The zero-order valence-electron chi connectivity index (χ0n) is 25.3. The van der Waals surface area contributed by atoms with E-state index in [1.54, 1.807) is 24.0 Å². The molecule has 0 aromatic heterocycles. The van der Waals surface area contributed by atoms with Crippen LogP contribution in [0.2, 0.25) is 0 Å². The van der Waals surface area contributed by atoms with Crippen LogP contribution in [0.4, 0.5) is 28.9 Å². The topological polar surface area (TPSA) is 70.7 Å². The summed E-state index contributed by atoms with van der Waals surface area (Å²) in [7, 11) is 0. The summed E-state index contributed by atoms with van der Waals surface area (Å²) in [4.78, 5) is 30.0. The molecule has 3 aromatic rings. The molecule has 2 amide bonds. The largest absolute Gasteiger partial charge is 0.416 e. The van der Waals surface area contributed by atoms with E-state index >= 15 is 4.39 Å². The van der Waals surface area contributed by atoms with Gasteiger partial charge in [0.25, 0.3) is 5.91 Å². The number of aryl methyl sites for hydroxylation is 2. The summed E-state index contributed by atoms with van der Waals surface area (Å²) >= 11 is 0. The number of nitrogens with one attached hydrogen (secondary N) is 2. The first-order valence-corrected chi connectivity index (χ1v) is 15.5. The highest BCUT2D eigenvalue weighted by molar-refractivity contribution is 5.98. The highest BCUT2D eigenvalue weighted by atomic mass is 19.4. The summed E-state index contributed by atoms with van der Waals surface area (Å²) < 4.78 is 62.0. The highest BCUT2D eigenvalue weighted by Crippen LogP contribution is 2.46. The summed E-state index contributed by atoms with van der Waals surface area (Å²) in [6, 6.07) is 14.9. The standard InChI is InChI=1S/C35H37F4N3O3/c1-20-10-13-26(17-28(20)35(37,38)39)41-33(43)27-16-23-18-45-19-30(23)42(34(44)31-21(2)6-5-9-29(31)36)32(27)22-11-14-25(15-12-22)40-24-7-3-4-8-24/h5-6,9-15,17,23-24,27,30,32,40H,3-4,7-8,16,18-19H2,1-2H3,(H,41,43)/t23-,27-,30+,32-/m0/s1. The molecular weight excluding hydrogens is 586 g/mol. The molecule has 3 fully saturated rings. The van der Waals surface area contributed by atoms with Gasteiger partial charge in [0.2, 0.25) is 5.91 Å². The van der Waals surface area contributed by atoms with Gasteiger partial charge in [-0.1, -0.05) is 43.2 Å². The number of likely N-dealkylation sites (tertiary alicyclic amines) is 1. The van der Waals surface area contributed by atoms with Crippen LogP contribution in [0.3, 0.4) is 0 Å². The Bertz CT molecular complexity index is 1550. The lowest BCUT2D eigenvalue weighted by Gasteiger charge is -2.47. The molecule has 2 N–H and O–H groups in total. The van der Waals surface area contributed by atoms with Crippen molar-refractivity contribution in [2.45, 2.75) is 70.3 Å². The lowest BCUT2D eigenvalue weighted by Crippen LogP contribution is -2.55. The number of carbonyl (C=O) groups is 2. The lowest BCUT2D eigenvalue weighted by atomic mass is 9.76. The first-order valence-electron chi connectivity index (χ1n) is 15.5. The van der Waals surface area contributed by atoms with E-state index in [2.05, 4.69) is 10.6 Å². The number of piperidine rings is 1. The molecule has 3 aliphatic rings. The van der Waals surface area contributed by atoms with E-state index in [0.717, 1.165) is 24.6 Å². The van der Waals surface area contributed by atoms with Gasteiger partial charge in [-0.3, -0.25) is 9.59 Å². The van der Waals surface area contributed by atoms with Gasteiger partial charge in [0.15, 0.2) is 0 Å². The molecule has 0 spiro atoms. The van der Waals surface area contributed by atoms with Crippen LogP contribution < -0.4 is 10.6 Å². The maximum atomic E-state index is 15.2. The Labute approximate surface area is 260 Å². The van der Waals surface area contributed by atoms with E-state index in [-0.39, 0.29) is 29.3 Å². The van der Waals surface area contributed by atoms with Gasteiger partial charge in [-0.2, -0.15) is 13.2 Å². The highest BCUT2D eigenvalue weighted by Gasteiger charge is 2.51. The normalized spacial score (nSPS) is 23.6. The molecule has 1 saturated carbocycles. The van der Waals surface area contributed by atoms with Crippen LogP contribution in [-0.2, 0) is 15.7 Å². The Morgan fingerprint density at radius 3 is 2.31 bits per heavy atom. The van der Waals surface area contributed by atoms with Crippen molar-refractivity contribution in [3.8, 4) is 0 Å². The van der Waals surface area contributed by atoms with E-state index in [0.29, 0.717) is 30.2 Å². The van der Waals surface area contributed by atoms with Crippen molar-refractivity contribution in [1.29, 1.82) is 0 Å². The van der Waals surface area contributed by atoms with Crippen molar-refractivity contribution in [2.75, 3.05) is 23.8 Å². The second kappa shape index (κ2) is 12.5. The van der Waals surface area contributed by atoms with Gasteiger partial charge in [0.1, 0.15) is 5.82 Å². The number of hydrogen-bond donors (Lipinski definition) is 2. The number of rotatable bonds is 6. The zero-order chi connectivity index (χ0) is 31.9. The first-order chi connectivity index (χ1) is 21.5. The minimum Gasteiger partial charge on any atom is -0.382 e. The Morgan fingerprint density at radius 2 is 1.62 bits per heavy atom. The molecule has 2 heterocycles. The Morgan fingerprint density at radius 1 is 0.911 bits per heavy atom. The fourth-order valence-electron chi connectivity index (χ4n) is 7.25. The molecular formula is C35H37F4N3O3. The molecule has 0 radical (unpaired) electrons. The van der Waals surface area contributed by atoms with Crippen LogP contribution in [0, 0.1) is 31.5 Å². The Kier molecular flexibility index (Phi) is 8.61. The number of carbonyl (C=O) groups excluding carboxylic acids is 2. The molecule has 2 saturated heterocycles. The maximum Gasteiger partial charge on any atom is 0.416 e. The number of hydrogen-bond acceptors (Lipinski definition) is 4. The number of nitrogens with zero attached hydrogens (tertiary/aromatic N) is 1. The average Bonchev–Trinajstić information content (AvgIpc) is 3.69. The van der Waals surface area contributed by atoms with Gasteiger partial charge in [0, 0.05) is 23.3 Å². The smallest absolute Gasteiger partial charge is 0.382 e. The van der Waals surface area contributed by atoms with Crippen LogP contribution >= 0.6 is 0 Å². The molecule has 2 aliphatic heterocycles. The monoisotopic (exact) mass is 623 g/mol. The number of fused-ring (bicyclic) bond motifs is 1. The third-order valence-electron chi connectivity index (χ3n) is 9.56. The number of halogens is 4. The minimum absolute atomic E-state index is 0.0143. The van der Waals surface area contributed by atoms with E-state index in [1.165, 1.54) is 38.0 Å². The molecule has 6 nitrogen and oxygen atoms in total. The molecule has 0 unspecified atom stereocenters. The molecule has 10 heteroatoms. The SMILES string of the molecule is Cc1ccc(NC(=O)[C@H]2C[C@H]3COC[C@H]3N(C(=O)c3c(C)cccc3F)[C@H]2c2ccc(NC3CCCC3)cc2)cc1C(F)(F)F. The third-order valence-corrected chi connectivity index (χ3v) is 9.56.